The molecule has 1 saturated heterocycles. The molecular formula is C18H19ClN2O4. The Balaban J connectivity index is 1.67. The smallest absolute Gasteiger partial charge is 0.303 e. The van der Waals surface area contributed by atoms with E-state index >= 15 is 0 Å². The first kappa shape index (κ1) is 17.5. The van der Waals surface area contributed by atoms with Gasteiger partial charge in [0.05, 0.1) is 0 Å². The molecule has 1 aliphatic rings. The van der Waals surface area contributed by atoms with E-state index in [0.717, 1.165) is 18.4 Å². The Morgan fingerprint density at radius 3 is 2.96 bits per heavy atom. The van der Waals surface area contributed by atoms with Gasteiger partial charge in [0.2, 0.25) is 5.76 Å². The Morgan fingerprint density at radius 2 is 2.20 bits per heavy atom. The summed E-state index contributed by atoms with van der Waals surface area (Å²) in [6.45, 7) is 1.20. The van der Waals surface area contributed by atoms with Gasteiger partial charge in [0.1, 0.15) is 5.69 Å². The minimum Gasteiger partial charge on any atom is -0.481 e. The van der Waals surface area contributed by atoms with Crippen molar-refractivity contribution in [2.75, 3.05) is 13.1 Å². The molecule has 7 heteroatoms. The van der Waals surface area contributed by atoms with E-state index in [1.165, 1.54) is 0 Å². The summed E-state index contributed by atoms with van der Waals surface area (Å²) in [4.78, 5) is 25.1. The summed E-state index contributed by atoms with van der Waals surface area (Å²) >= 11 is 5.98. The fourth-order valence-corrected chi connectivity index (χ4v) is 3.32. The number of hydrogen-bond donors (Lipinski definition) is 1. The van der Waals surface area contributed by atoms with Crippen molar-refractivity contribution in [3.63, 3.8) is 0 Å². The van der Waals surface area contributed by atoms with E-state index in [4.69, 9.17) is 21.2 Å². The van der Waals surface area contributed by atoms with Crippen molar-refractivity contribution in [1.29, 1.82) is 0 Å². The zero-order chi connectivity index (χ0) is 17.8. The number of piperidine rings is 1. The summed E-state index contributed by atoms with van der Waals surface area (Å²) in [7, 11) is 0. The number of aromatic nitrogens is 1. The summed E-state index contributed by atoms with van der Waals surface area (Å²) in [6.07, 6.45) is 2.53. The lowest BCUT2D eigenvalue weighted by Gasteiger charge is -2.31. The van der Waals surface area contributed by atoms with Crippen molar-refractivity contribution in [1.82, 2.24) is 10.1 Å². The molecule has 25 heavy (non-hydrogen) atoms. The third-order valence-electron chi connectivity index (χ3n) is 4.41. The Kier molecular flexibility index (Phi) is 5.38. The molecule has 1 aromatic carbocycles. The number of benzene rings is 1. The Bertz CT molecular complexity index is 774. The molecule has 3 rings (SSSR count). The molecule has 1 fully saturated rings. The molecule has 6 nitrogen and oxygen atoms in total. The van der Waals surface area contributed by atoms with Gasteiger partial charge in [0.15, 0.2) is 0 Å². The van der Waals surface area contributed by atoms with E-state index in [2.05, 4.69) is 5.16 Å². The molecule has 1 N–H and O–H groups in total. The molecule has 1 aromatic heterocycles. The molecule has 0 bridgehead atoms. The van der Waals surface area contributed by atoms with Crippen LogP contribution in [0.5, 0.6) is 0 Å². The summed E-state index contributed by atoms with van der Waals surface area (Å²) in [5.41, 5.74) is 1.35. The maximum atomic E-state index is 12.6. The second kappa shape index (κ2) is 7.70. The number of rotatable bonds is 5. The van der Waals surface area contributed by atoms with Crippen LogP contribution in [0, 0.1) is 5.92 Å². The largest absolute Gasteiger partial charge is 0.481 e. The zero-order valence-corrected chi connectivity index (χ0v) is 14.4. The third kappa shape index (κ3) is 4.39. The predicted octanol–water partition coefficient (Wildman–Crippen LogP) is 3.71. The minimum atomic E-state index is -0.801. The first-order chi connectivity index (χ1) is 12.0. The number of nitrogens with zero attached hydrogens (tertiary/aromatic N) is 2. The highest BCUT2D eigenvalue weighted by Crippen LogP contribution is 2.25. The average molecular weight is 363 g/mol. The van der Waals surface area contributed by atoms with Crippen LogP contribution in [-0.2, 0) is 4.79 Å². The van der Waals surface area contributed by atoms with Crippen molar-refractivity contribution < 1.29 is 19.2 Å². The number of carboxylic acid groups (broad SMARTS) is 1. The van der Waals surface area contributed by atoms with E-state index < -0.39 is 5.97 Å². The van der Waals surface area contributed by atoms with Crippen LogP contribution in [0.25, 0.3) is 11.3 Å². The van der Waals surface area contributed by atoms with Crippen LogP contribution in [0.15, 0.2) is 34.9 Å². The van der Waals surface area contributed by atoms with E-state index in [9.17, 15) is 9.59 Å². The van der Waals surface area contributed by atoms with Gasteiger partial charge in [0, 0.05) is 36.2 Å². The van der Waals surface area contributed by atoms with E-state index in [1.54, 1.807) is 23.1 Å². The van der Waals surface area contributed by atoms with Gasteiger partial charge in [-0.25, -0.2) is 0 Å². The van der Waals surface area contributed by atoms with Gasteiger partial charge in [-0.3, -0.25) is 9.59 Å². The first-order valence-corrected chi connectivity index (χ1v) is 8.64. The zero-order valence-electron chi connectivity index (χ0n) is 13.7. The molecule has 0 radical (unpaired) electrons. The second-order valence-corrected chi connectivity index (χ2v) is 6.72. The first-order valence-electron chi connectivity index (χ1n) is 8.26. The van der Waals surface area contributed by atoms with E-state index in [-0.39, 0.29) is 24.0 Å². The number of carboxylic acids is 1. The van der Waals surface area contributed by atoms with Gasteiger partial charge in [-0.2, -0.15) is 0 Å². The molecular weight excluding hydrogens is 344 g/mol. The highest BCUT2D eigenvalue weighted by Gasteiger charge is 2.27. The highest BCUT2D eigenvalue weighted by molar-refractivity contribution is 6.30. The van der Waals surface area contributed by atoms with Crippen molar-refractivity contribution >= 4 is 23.5 Å². The number of hydrogen-bond acceptors (Lipinski definition) is 4. The molecule has 0 saturated carbocycles. The van der Waals surface area contributed by atoms with Crippen LogP contribution >= 0.6 is 11.6 Å². The van der Waals surface area contributed by atoms with Crippen LogP contribution in [0.1, 0.15) is 36.2 Å². The fourth-order valence-electron chi connectivity index (χ4n) is 3.13. The summed E-state index contributed by atoms with van der Waals surface area (Å²) < 4.78 is 5.23. The molecule has 0 spiro atoms. The monoisotopic (exact) mass is 362 g/mol. The number of carbonyl (C=O) groups is 2. The summed E-state index contributed by atoms with van der Waals surface area (Å²) in [6, 6.07) is 8.81. The Labute approximate surface area is 150 Å². The van der Waals surface area contributed by atoms with Gasteiger partial charge in [-0.1, -0.05) is 28.9 Å². The maximum absolute atomic E-state index is 12.6. The molecule has 132 valence electrons. The van der Waals surface area contributed by atoms with Crippen molar-refractivity contribution in [2.24, 2.45) is 5.92 Å². The number of halogens is 1. The van der Waals surface area contributed by atoms with Crippen LogP contribution < -0.4 is 0 Å². The topological polar surface area (TPSA) is 83.6 Å². The van der Waals surface area contributed by atoms with Gasteiger partial charge in [-0.05, 0) is 37.3 Å². The van der Waals surface area contributed by atoms with Crippen molar-refractivity contribution in [2.45, 2.75) is 25.7 Å². The standard InChI is InChI=1S/C18H19ClN2O4/c19-14-5-1-4-13(9-14)15-10-16(25-20-15)18(24)21-8-2-3-12(11-21)6-7-17(22)23/h1,4-5,9-10,12H,2-3,6-8,11H2,(H,22,23). The van der Waals surface area contributed by atoms with Gasteiger partial charge >= 0.3 is 5.97 Å². The quantitative estimate of drug-likeness (QED) is 0.876. The molecule has 1 unspecified atom stereocenters. The van der Waals surface area contributed by atoms with Crippen molar-refractivity contribution in [3.8, 4) is 11.3 Å². The number of amides is 1. The molecule has 1 amide bonds. The summed E-state index contributed by atoms with van der Waals surface area (Å²) in [5, 5.41) is 13.4. The average Bonchev–Trinajstić information content (AvgIpc) is 3.10. The van der Waals surface area contributed by atoms with E-state index in [0.29, 0.717) is 30.2 Å². The highest BCUT2D eigenvalue weighted by atomic mass is 35.5. The fraction of sp³-hybridized carbons (Fsp3) is 0.389. The van der Waals surface area contributed by atoms with Crippen LogP contribution in [0.4, 0.5) is 0 Å². The lowest BCUT2D eigenvalue weighted by molar-refractivity contribution is -0.137. The lowest BCUT2D eigenvalue weighted by Crippen LogP contribution is -2.39. The van der Waals surface area contributed by atoms with Gasteiger partial charge in [0.25, 0.3) is 5.91 Å². The Hall–Kier alpha value is -2.34. The molecule has 0 aliphatic carbocycles. The lowest BCUT2D eigenvalue weighted by atomic mass is 9.93. The SMILES string of the molecule is O=C(O)CCC1CCCN(C(=O)c2cc(-c3cccc(Cl)c3)no2)C1. The van der Waals surface area contributed by atoms with Crippen LogP contribution in [0.2, 0.25) is 5.02 Å². The third-order valence-corrected chi connectivity index (χ3v) is 4.65. The molecule has 1 aliphatic heterocycles. The maximum Gasteiger partial charge on any atom is 0.303 e. The van der Waals surface area contributed by atoms with Crippen LogP contribution in [-0.4, -0.2) is 40.1 Å². The summed E-state index contributed by atoms with van der Waals surface area (Å²) in [5.74, 6) is -0.608. The molecule has 2 heterocycles. The van der Waals surface area contributed by atoms with Gasteiger partial charge < -0.3 is 14.5 Å². The molecule has 1 atom stereocenters. The normalized spacial score (nSPS) is 17.5. The second-order valence-electron chi connectivity index (χ2n) is 6.28. The number of aliphatic carboxylic acids is 1. The van der Waals surface area contributed by atoms with Crippen molar-refractivity contribution in [3.05, 3.63) is 41.1 Å². The number of likely N-dealkylation sites (tertiary alicyclic amines) is 1. The predicted molar refractivity (Wildman–Crippen MR) is 92.4 cm³/mol. The van der Waals surface area contributed by atoms with Crippen LogP contribution in [0.3, 0.4) is 0 Å². The minimum absolute atomic E-state index is 0.133. The molecule has 2 aromatic rings. The van der Waals surface area contributed by atoms with E-state index in [1.807, 2.05) is 12.1 Å². The van der Waals surface area contributed by atoms with Gasteiger partial charge in [-0.15, -0.1) is 0 Å². The number of carbonyl (C=O) groups excluding carboxylic acids is 1. The Morgan fingerprint density at radius 1 is 1.36 bits per heavy atom.